The van der Waals surface area contributed by atoms with E-state index in [2.05, 4.69) is 4.74 Å². The molecule has 0 bridgehead atoms. The number of aryl methyl sites for hydroxylation is 1. The van der Waals surface area contributed by atoms with Crippen LogP contribution >= 0.6 is 23.2 Å². The summed E-state index contributed by atoms with van der Waals surface area (Å²) in [4.78, 5) is 11.1. The first kappa shape index (κ1) is 12.3. The Bertz CT molecular complexity index is 364. The Hall–Kier alpha value is -0.730. The summed E-state index contributed by atoms with van der Waals surface area (Å²) in [6.45, 7) is 1.93. The van der Waals surface area contributed by atoms with E-state index in [0.29, 0.717) is 11.4 Å². The smallest absolute Gasteiger partial charge is 0.324 e. The Kier molecular flexibility index (Phi) is 4.43. The lowest BCUT2D eigenvalue weighted by Crippen LogP contribution is -2.19. The van der Waals surface area contributed by atoms with Gasteiger partial charge >= 0.3 is 5.97 Å². The zero-order chi connectivity index (χ0) is 11.4. The van der Waals surface area contributed by atoms with Crippen LogP contribution in [0.1, 0.15) is 11.1 Å². The van der Waals surface area contributed by atoms with Gasteiger partial charge in [-0.05, 0) is 36.6 Å². The number of hydrogen-bond acceptors (Lipinski definition) is 2. The van der Waals surface area contributed by atoms with E-state index in [9.17, 15) is 4.79 Å². The van der Waals surface area contributed by atoms with Gasteiger partial charge in [0.2, 0.25) is 0 Å². The molecule has 0 saturated heterocycles. The number of esters is 1. The minimum absolute atomic E-state index is 0.411. The number of carbonyl (C=O) groups is 1. The Morgan fingerprint density at radius 3 is 2.73 bits per heavy atom. The van der Waals surface area contributed by atoms with Crippen LogP contribution in [0.25, 0.3) is 0 Å². The van der Waals surface area contributed by atoms with Gasteiger partial charge in [-0.25, -0.2) is 0 Å². The molecule has 82 valence electrons. The molecule has 1 aromatic rings. The van der Waals surface area contributed by atoms with E-state index in [1.54, 1.807) is 6.07 Å². The van der Waals surface area contributed by atoms with Gasteiger partial charge in [0.15, 0.2) is 0 Å². The summed E-state index contributed by atoms with van der Waals surface area (Å²) >= 11 is 11.7. The molecule has 1 atom stereocenters. The quantitative estimate of drug-likeness (QED) is 0.606. The second-order valence-electron chi connectivity index (χ2n) is 3.27. The van der Waals surface area contributed by atoms with Crippen molar-refractivity contribution in [3.8, 4) is 0 Å². The topological polar surface area (TPSA) is 26.3 Å². The third-order valence-electron chi connectivity index (χ3n) is 2.16. The SMILES string of the molecule is COC(=O)C(Cl)Cc1ccc(Cl)cc1C. The molecule has 0 aliphatic rings. The van der Waals surface area contributed by atoms with Crippen LogP contribution in [0.3, 0.4) is 0 Å². The number of ether oxygens (including phenoxy) is 1. The summed E-state index contributed by atoms with van der Waals surface area (Å²) < 4.78 is 4.55. The average Bonchev–Trinajstić information content (AvgIpc) is 2.20. The Labute approximate surface area is 99.1 Å². The predicted octanol–water partition coefficient (Wildman–Crippen LogP) is 2.97. The first-order valence-electron chi connectivity index (χ1n) is 4.51. The first-order valence-corrected chi connectivity index (χ1v) is 5.33. The van der Waals surface area contributed by atoms with Crippen LogP contribution in [0, 0.1) is 6.92 Å². The highest BCUT2D eigenvalue weighted by atomic mass is 35.5. The maximum atomic E-state index is 11.1. The third kappa shape index (κ3) is 3.40. The van der Waals surface area contributed by atoms with E-state index in [0.717, 1.165) is 11.1 Å². The second kappa shape index (κ2) is 5.38. The van der Waals surface area contributed by atoms with Gasteiger partial charge in [-0.2, -0.15) is 0 Å². The number of methoxy groups -OCH3 is 1. The van der Waals surface area contributed by atoms with Gasteiger partial charge in [0, 0.05) is 5.02 Å². The zero-order valence-corrected chi connectivity index (χ0v) is 10.1. The van der Waals surface area contributed by atoms with Crippen LogP contribution in [0.2, 0.25) is 5.02 Å². The van der Waals surface area contributed by atoms with Gasteiger partial charge in [-0.3, -0.25) is 4.79 Å². The van der Waals surface area contributed by atoms with Gasteiger partial charge in [0.25, 0.3) is 0 Å². The minimum atomic E-state index is -0.644. The lowest BCUT2D eigenvalue weighted by molar-refractivity contribution is -0.140. The van der Waals surface area contributed by atoms with Crippen LogP contribution in [0.4, 0.5) is 0 Å². The van der Waals surface area contributed by atoms with Crippen molar-refractivity contribution in [2.24, 2.45) is 0 Å². The zero-order valence-electron chi connectivity index (χ0n) is 8.59. The van der Waals surface area contributed by atoms with Gasteiger partial charge < -0.3 is 4.74 Å². The summed E-state index contributed by atoms with van der Waals surface area (Å²) in [7, 11) is 1.33. The Morgan fingerprint density at radius 1 is 1.53 bits per heavy atom. The van der Waals surface area contributed by atoms with Gasteiger partial charge in [0.05, 0.1) is 7.11 Å². The summed E-state index contributed by atoms with van der Waals surface area (Å²) in [6, 6.07) is 5.50. The fraction of sp³-hybridized carbons (Fsp3) is 0.364. The van der Waals surface area contributed by atoms with Crippen molar-refractivity contribution in [3.63, 3.8) is 0 Å². The fourth-order valence-corrected chi connectivity index (χ4v) is 1.77. The summed E-state index contributed by atoms with van der Waals surface area (Å²) in [6.07, 6.45) is 0.456. The molecule has 0 amide bonds. The standard InChI is InChI=1S/C11H12Cl2O2/c1-7-5-9(12)4-3-8(7)6-10(13)11(14)15-2/h3-5,10H,6H2,1-2H3. The molecule has 0 N–H and O–H groups in total. The van der Waals surface area contributed by atoms with Gasteiger partial charge in [0.1, 0.15) is 5.38 Å². The van der Waals surface area contributed by atoms with Crippen molar-refractivity contribution in [2.75, 3.05) is 7.11 Å². The highest BCUT2D eigenvalue weighted by molar-refractivity contribution is 6.31. The third-order valence-corrected chi connectivity index (χ3v) is 2.73. The molecule has 0 saturated carbocycles. The number of halogens is 2. The van der Waals surface area contributed by atoms with E-state index in [-0.39, 0.29) is 0 Å². The van der Waals surface area contributed by atoms with Crippen molar-refractivity contribution in [1.29, 1.82) is 0 Å². The summed E-state index contributed by atoms with van der Waals surface area (Å²) in [5, 5.41) is 0.0373. The van der Waals surface area contributed by atoms with E-state index >= 15 is 0 Å². The second-order valence-corrected chi connectivity index (χ2v) is 4.23. The van der Waals surface area contributed by atoms with Crippen molar-refractivity contribution < 1.29 is 9.53 Å². The molecule has 0 fully saturated rings. The van der Waals surface area contributed by atoms with Gasteiger partial charge in [-0.1, -0.05) is 17.7 Å². The number of benzene rings is 1. The molecular formula is C11H12Cl2O2. The van der Waals surface area contributed by atoms with Crippen LogP contribution in [0.5, 0.6) is 0 Å². The molecule has 0 aliphatic carbocycles. The molecule has 0 radical (unpaired) electrons. The van der Waals surface area contributed by atoms with Crippen molar-refractivity contribution in [2.45, 2.75) is 18.7 Å². The molecule has 15 heavy (non-hydrogen) atoms. The van der Waals surface area contributed by atoms with E-state index in [1.165, 1.54) is 7.11 Å². The lowest BCUT2D eigenvalue weighted by atomic mass is 10.0. The number of hydrogen-bond donors (Lipinski definition) is 0. The Balaban J connectivity index is 2.76. The highest BCUT2D eigenvalue weighted by Gasteiger charge is 2.17. The molecule has 1 rings (SSSR count). The van der Waals surface area contributed by atoms with E-state index in [4.69, 9.17) is 23.2 Å². The average molecular weight is 247 g/mol. The summed E-state index contributed by atoms with van der Waals surface area (Å²) in [5.41, 5.74) is 2.03. The fourth-order valence-electron chi connectivity index (χ4n) is 1.29. The molecule has 2 nitrogen and oxygen atoms in total. The molecule has 1 unspecified atom stereocenters. The lowest BCUT2D eigenvalue weighted by Gasteiger charge is -2.09. The number of rotatable bonds is 3. The predicted molar refractivity (Wildman–Crippen MR) is 61.6 cm³/mol. The normalized spacial score (nSPS) is 12.3. The van der Waals surface area contributed by atoms with Crippen molar-refractivity contribution >= 4 is 29.2 Å². The van der Waals surface area contributed by atoms with Crippen molar-refractivity contribution in [1.82, 2.24) is 0 Å². The maximum absolute atomic E-state index is 11.1. The van der Waals surface area contributed by atoms with Crippen LogP contribution < -0.4 is 0 Å². The molecule has 0 spiro atoms. The molecule has 0 aliphatic heterocycles. The van der Waals surface area contributed by atoms with Crippen LogP contribution in [-0.2, 0) is 16.0 Å². The van der Waals surface area contributed by atoms with Crippen molar-refractivity contribution in [3.05, 3.63) is 34.3 Å². The summed E-state index contributed by atoms with van der Waals surface area (Å²) in [5.74, 6) is -0.411. The van der Waals surface area contributed by atoms with Gasteiger partial charge in [-0.15, -0.1) is 11.6 Å². The van der Waals surface area contributed by atoms with Crippen LogP contribution in [0.15, 0.2) is 18.2 Å². The minimum Gasteiger partial charge on any atom is -0.468 e. The number of alkyl halides is 1. The molecule has 1 aromatic carbocycles. The molecular weight excluding hydrogens is 235 g/mol. The van der Waals surface area contributed by atoms with E-state index < -0.39 is 11.3 Å². The maximum Gasteiger partial charge on any atom is 0.324 e. The largest absolute Gasteiger partial charge is 0.468 e. The Morgan fingerprint density at radius 2 is 2.20 bits per heavy atom. The molecule has 0 heterocycles. The number of carbonyl (C=O) groups excluding carboxylic acids is 1. The first-order chi connectivity index (χ1) is 7.04. The highest BCUT2D eigenvalue weighted by Crippen LogP contribution is 2.18. The molecule has 4 heteroatoms. The molecule has 0 aromatic heterocycles. The monoisotopic (exact) mass is 246 g/mol. The van der Waals surface area contributed by atoms with Crippen LogP contribution in [-0.4, -0.2) is 18.5 Å². The van der Waals surface area contributed by atoms with E-state index in [1.807, 2.05) is 19.1 Å².